The fourth-order valence-electron chi connectivity index (χ4n) is 1.86. The molecule has 8 nitrogen and oxygen atoms in total. The monoisotopic (exact) mass is 480 g/mol. The summed E-state index contributed by atoms with van der Waals surface area (Å²) in [6.45, 7) is 12.1. The van der Waals surface area contributed by atoms with Gasteiger partial charge in [0.05, 0.1) is 0 Å². The summed E-state index contributed by atoms with van der Waals surface area (Å²) >= 11 is -0.574. The number of hydrogen-bond acceptors (Lipinski definition) is 8. The number of hydrogen-bond donors (Lipinski definition) is 0. The van der Waals surface area contributed by atoms with Gasteiger partial charge in [-0.1, -0.05) is 39.5 Å². The first-order chi connectivity index (χ1) is 14.5. The summed E-state index contributed by atoms with van der Waals surface area (Å²) in [5, 5.41) is 19.8. The second-order valence-corrected chi connectivity index (χ2v) is 8.50. The van der Waals surface area contributed by atoms with E-state index in [1.807, 2.05) is 41.5 Å². The Morgan fingerprint density at radius 3 is 1.23 bits per heavy atom. The van der Waals surface area contributed by atoms with Gasteiger partial charge in [-0.15, -0.1) is 0 Å². The Balaban J connectivity index is -0.000000382. The third kappa shape index (κ3) is 39.9. The summed E-state index contributed by atoms with van der Waals surface area (Å²) in [6, 6.07) is 0. The fraction of sp³-hybridized carbons (Fsp3) is 0.818. The molecular weight excluding hydrogens is 440 g/mol. The predicted octanol–water partition coefficient (Wildman–Crippen LogP) is 2.30. The summed E-state index contributed by atoms with van der Waals surface area (Å²) < 4.78 is 10.5. The van der Waals surface area contributed by atoms with Crippen LogP contribution in [0.4, 0.5) is 0 Å². The molecule has 0 radical (unpaired) electrons. The number of carboxylic acids is 2. The van der Waals surface area contributed by atoms with Crippen LogP contribution in [0.3, 0.4) is 0 Å². The molecule has 0 fully saturated rings. The van der Waals surface area contributed by atoms with Gasteiger partial charge in [-0.2, -0.15) is 0 Å². The molecule has 0 aromatic carbocycles. The minimum absolute atomic E-state index is 0.224. The number of aliphatic carboxylic acids is 2. The number of Topliss-reactive ketones (excluding diaryl/α,β-unsaturated/α-hetero) is 2. The van der Waals surface area contributed by atoms with Crippen molar-refractivity contribution in [2.45, 2.75) is 118 Å². The van der Waals surface area contributed by atoms with Crippen LogP contribution in [0.1, 0.15) is 106 Å². The van der Waals surface area contributed by atoms with Crippen LogP contribution in [0.25, 0.3) is 0 Å². The molecule has 0 aromatic heterocycles. The Morgan fingerprint density at radius 2 is 1.00 bits per heavy atom. The minimum atomic E-state index is -1.27. The zero-order valence-corrected chi connectivity index (χ0v) is 21.6. The fourth-order valence-corrected chi connectivity index (χ4v) is 2.55. The zero-order valence-electron chi connectivity index (χ0n) is 20.0. The summed E-state index contributed by atoms with van der Waals surface area (Å²) in [5.74, 6) is -2.99. The molecule has 180 valence electrons. The summed E-state index contributed by atoms with van der Waals surface area (Å²) in [5.41, 5.74) is 0. The summed E-state index contributed by atoms with van der Waals surface area (Å²) in [6.07, 6.45) is 6.18. The van der Waals surface area contributed by atoms with Crippen molar-refractivity contribution >= 4 is 23.5 Å². The van der Waals surface area contributed by atoms with E-state index in [1.165, 1.54) is 0 Å². The van der Waals surface area contributed by atoms with Gasteiger partial charge >= 0.3 is 66.5 Å². The first-order valence-electron chi connectivity index (χ1n) is 10.9. The molecular formula is C22H40O8Ti. The van der Waals surface area contributed by atoms with Crippen LogP contribution >= 0.6 is 0 Å². The van der Waals surface area contributed by atoms with Crippen molar-refractivity contribution < 1.29 is 56.0 Å². The Morgan fingerprint density at radius 1 is 0.677 bits per heavy atom. The van der Waals surface area contributed by atoms with E-state index in [-0.39, 0.29) is 11.6 Å². The van der Waals surface area contributed by atoms with Gasteiger partial charge in [-0.05, 0) is 12.8 Å². The van der Waals surface area contributed by atoms with Gasteiger partial charge < -0.3 is 19.8 Å². The number of rotatable bonds is 16. The molecule has 0 saturated carbocycles. The van der Waals surface area contributed by atoms with E-state index in [9.17, 15) is 29.4 Å². The van der Waals surface area contributed by atoms with E-state index in [2.05, 4.69) is 0 Å². The van der Waals surface area contributed by atoms with E-state index in [1.54, 1.807) is 0 Å². The molecule has 0 unspecified atom stereocenters. The first-order valence-corrected chi connectivity index (χ1v) is 12.2. The Labute approximate surface area is 197 Å². The predicted molar refractivity (Wildman–Crippen MR) is 110 cm³/mol. The van der Waals surface area contributed by atoms with Crippen LogP contribution in [0.2, 0.25) is 0 Å². The molecule has 0 aromatic rings. The van der Waals surface area contributed by atoms with Gasteiger partial charge in [-0.3, -0.25) is 9.59 Å². The number of carbonyl (C=O) groups is 4. The smallest absolute Gasteiger partial charge is 0.138 e. The van der Waals surface area contributed by atoms with Crippen LogP contribution in [-0.4, -0.2) is 35.7 Å². The molecule has 0 heterocycles. The third-order valence-corrected chi connectivity index (χ3v) is 5.14. The molecule has 9 heteroatoms. The van der Waals surface area contributed by atoms with E-state index < -0.39 is 44.7 Å². The quantitative estimate of drug-likeness (QED) is 0.187. The molecule has 0 spiro atoms. The maximum Gasteiger partial charge on any atom is 0.138 e. The van der Waals surface area contributed by atoms with Crippen LogP contribution in [-0.2, 0) is 45.7 Å². The molecule has 0 aliphatic heterocycles. The van der Waals surface area contributed by atoms with Crippen molar-refractivity contribution in [2.24, 2.45) is 0 Å². The molecule has 0 aliphatic rings. The van der Waals surface area contributed by atoms with Crippen LogP contribution < -0.4 is 10.2 Å². The number of carboxylic acid groups (broad SMARTS) is 2. The number of ketones is 2. The van der Waals surface area contributed by atoms with E-state index in [0.717, 1.165) is 38.5 Å². The van der Waals surface area contributed by atoms with Crippen molar-refractivity contribution in [3.8, 4) is 0 Å². The van der Waals surface area contributed by atoms with Gasteiger partial charge in [0.1, 0.15) is 11.6 Å². The average Bonchev–Trinajstić information content (AvgIpc) is 2.61. The molecule has 0 N–H and O–H groups in total. The Hall–Kier alpha value is -1.09. The van der Waals surface area contributed by atoms with Crippen LogP contribution in [0.15, 0.2) is 0 Å². The van der Waals surface area contributed by atoms with Gasteiger partial charge in [0, 0.05) is 37.6 Å². The Kier molecular flexibility index (Phi) is 28.0. The van der Waals surface area contributed by atoms with Crippen molar-refractivity contribution in [1.29, 1.82) is 0 Å². The van der Waals surface area contributed by atoms with Gasteiger partial charge in [0.15, 0.2) is 0 Å². The third-order valence-electron chi connectivity index (χ3n) is 3.37. The van der Waals surface area contributed by atoms with Crippen LogP contribution in [0, 0.1) is 0 Å². The normalized spacial score (nSPS) is 9.81. The Bertz CT molecular complexity index is 436. The molecule has 0 bridgehead atoms. The van der Waals surface area contributed by atoms with Crippen molar-refractivity contribution in [3.05, 3.63) is 0 Å². The maximum absolute atomic E-state index is 10.7. The van der Waals surface area contributed by atoms with E-state index >= 15 is 0 Å². The van der Waals surface area contributed by atoms with Gasteiger partial charge in [0.2, 0.25) is 0 Å². The molecule has 31 heavy (non-hydrogen) atoms. The molecule has 0 aliphatic carbocycles. The second-order valence-electron chi connectivity index (χ2n) is 7.51. The molecule has 0 saturated heterocycles. The first kappa shape index (κ1) is 34.5. The van der Waals surface area contributed by atoms with E-state index in [0.29, 0.717) is 25.0 Å². The molecule has 0 rings (SSSR count). The van der Waals surface area contributed by atoms with Crippen molar-refractivity contribution in [3.63, 3.8) is 0 Å². The summed E-state index contributed by atoms with van der Waals surface area (Å²) in [7, 11) is 0. The topological polar surface area (TPSA) is 133 Å². The standard InChI is InChI=1S/2C8H14O3.2C3H7O.Ti/c2*1-2-3-4-5-7(9)6-8(10)11;2*1-3(2)4;/h2*2-6H2,1H3,(H,10,11);2*3H,1-2H3;/q;;2*-1;+4/p-2. The van der Waals surface area contributed by atoms with Gasteiger partial charge in [0.25, 0.3) is 0 Å². The largest absolute Gasteiger partial charge is 0.550 e. The van der Waals surface area contributed by atoms with Gasteiger partial charge in [-0.25, -0.2) is 0 Å². The van der Waals surface area contributed by atoms with E-state index in [4.69, 9.17) is 6.64 Å². The molecule has 0 amide bonds. The van der Waals surface area contributed by atoms with Crippen molar-refractivity contribution in [2.75, 3.05) is 0 Å². The maximum atomic E-state index is 10.7. The average molecular weight is 480 g/mol. The zero-order chi connectivity index (χ0) is 24.7. The second kappa shape index (κ2) is 25.2. The van der Waals surface area contributed by atoms with Crippen LogP contribution in [0.5, 0.6) is 0 Å². The minimum Gasteiger partial charge on any atom is -0.550 e. The SMILES string of the molecule is CC(C)[O][Ti+2][O]C(C)C.CCCCCC(=O)CC(=O)[O-].CCCCCC(=O)CC(=O)[O-]. The molecule has 0 atom stereocenters. The summed E-state index contributed by atoms with van der Waals surface area (Å²) in [4.78, 5) is 41.2. The number of carbonyl (C=O) groups excluding carboxylic acids is 4. The van der Waals surface area contributed by atoms with Crippen molar-refractivity contribution in [1.82, 2.24) is 0 Å². The number of unbranched alkanes of at least 4 members (excludes halogenated alkanes) is 4.